The highest BCUT2D eigenvalue weighted by Crippen LogP contribution is 2.32. The van der Waals surface area contributed by atoms with Crippen molar-refractivity contribution >= 4 is 34.8 Å². The number of hydrogen-bond donors (Lipinski definition) is 1. The standard InChI is InChI=1S/C21H20N4O3S2/c26-20(23-10-14-1-3-17-18(9-14)28-13-27-17)16-12-30-21(24-16)15-2-4-19(22-11-15)25-5-7-29-8-6-25/h1-4,9,11-12H,5-8,10,13H2,(H,23,26). The summed E-state index contributed by atoms with van der Waals surface area (Å²) in [5, 5.41) is 5.47. The zero-order valence-corrected chi connectivity index (χ0v) is 17.8. The van der Waals surface area contributed by atoms with Crippen LogP contribution in [0.4, 0.5) is 5.82 Å². The summed E-state index contributed by atoms with van der Waals surface area (Å²) in [6, 6.07) is 9.70. The summed E-state index contributed by atoms with van der Waals surface area (Å²) in [4.78, 5) is 23.9. The van der Waals surface area contributed by atoms with E-state index in [2.05, 4.69) is 20.2 Å². The Bertz CT molecular complexity index is 1050. The van der Waals surface area contributed by atoms with Gasteiger partial charge in [0.1, 0.15) is 16.5 Å². The van der Waals surface area contributed by atoms with Crippen molar-refractivity contribution in [2.45, 2.75) is 6.54 Å². The monoisotopic (exact) mass is 440 g/mol. The number of fused-ring (bicyclic) bond motifs is 1. The molecule has 0 radical (unpaired) electrons. The first kappa shape index (κ1) is 19.2. The predicted octanol–water partition coefficient (Wildman–Crippen LogP) is 3.42. The molecule has 4 heterocycles. The van der Waals surface area contributed by atoms with Crippen LogP contribution in [0.3, 0.4) is 0 Å². The van der Waals surface area contributed by atoms with Gasteiger partial charge in [0.05, 0.1) is 0 Å². The molecule has 2 aliphatic heterocycles. The molecular formula is C21H20N4O3S2. The third-order valence-electron chi connectivity index (χ3n) is 4.96. The summed E-state index contributed by atoms with van der Waals surface area (Å²) in [6.07, 6.45) is 1.84. The van der Waals surface area contributed by atoms with Crippen LogP contribution >= 0.6 is 23.1 Å². The minimum Gasteiger partial charge on any atom is -0.454 e. The van der Waals surface area contributed by atoms with Crippen molar-refractivity contribution in [1.82, 2.24) is 15.3 Å². The van der Waals surface area contributed by atoms with Crippen LogP contribution in [0.2, 0.25) is 0 Å². The number of thiazole rings is 1. The average molecular weight is 441 g/mol. The molecule has 2 aliphatic rings. The highest BCUT2D eigenvalue weighted by molar-refractivity contribution is 7.99. The molecular weight excluding hydrogens is 420 g/mol. The zero-order valence-electron chi connectivity index (χ0n) is 16.2. The van der Waals surface area contributed by atoms with E-state index >= 15 is 0 Å². The van der Waals surface area contributed by atoms with Gasteiger partial charge in [-0.25, -0.2) is 9.97 Å². The second-order valence-electron chi connectivity index (χ2n) is 6.91. The van der Waals surface area contributed by atoms with Crippen LogP contribution in [0.5, 0.6) is 11.5 Å². The number of carbonyl (C=O) groups excluding carboxylic acids is 1. The van der Waals surface area contributed by atoms with Crippen LogP contribution in [0.15, 0.2) is 41.9 Å². The number of benzene rings is 1. The summed E-state index contributed by atoms with van der Waals surface area (Å²) in [5.74, 6) is 4.51. The third-order valence-corrected chi connectivity index (χ3v) is 6.79. The van der Waals surface area contributed by atoms with Gasteiger partial charge in [-0.2, -0.15) is 11.8 Å². The maximum atomic E-state index is 12.5. The van der Waals surface area contributed by atoms with E-state index in [4.69, 9.17) is 9.47 Å². The lowest BCUT2D eigenvalue weighted by Gasteiger charge is -2.27. The first-order valence-corrected chi connectivity index (χ1v) is 11.7. The molecule has 0 atom stereocenters. The van der Waals surface area contributed by atoms with Gasteiger partial charge >= 0.3 is 0 Å². The molecule has 2 aromatic heterocycles. The van der Waals surface area contributed by atoms with Gasteiger partial charge in [0, 0.05) is 48.3 Å². The highest BCUT2D eigenvalue weighted by Gasteiger charge is 2.16. The molecule has 1 fully saturated rings. The summed E-state index contributed by atoms with van der Waals surface area (Å²) < 4.78 is 10.7. The van der Waals surface area contributed by atoms with Crippen molar-refractivity contribution < 1.29 is 14.3 Å². The molecule has 1 N–H and O–H groups in total. The van der Waals surface area contributed by atoms with Crippen LogP contribution in [-0.2, 0) is 6.54 Å². The van der Waals surface area contributed by atoms with E-state index in [1.165, 1.54) is 11.3 Å². The fourth-order valence-corrected chi connectivity index (χ4v) is 5.02. The van der Waals surface area contributed by atoms with E-state index in [-0.39, 0.29) is 12.7 Å². The minimum atomic E-state index is -0.203. The van der Waals surface area contributed by atoms with Crippen LogP contribution in [-0.4, -0.2) is 47.3 Å². The number of hydrogen-bond acceptors (Lipinski definition) is 8. The predicted molar refractivity (Wildman–Crippen MR) is 119 cm³/mol. The SMILES string of the molecule is O=C(NCc1ccc2c(c1)OCO2)c1csc(-c2ccc(N3CCSCC3)nc2)n1. The molecule has 5 rings (SSSR count). The molecule has 0 spiro atoms. The average Bonchev–Trinajstić information content (AvgIpc) is 3.48. The Kier molecular flexibility index (Phi) is 5.46. The minimum absolute atomic E-state index is 0.203. The molecule has 0 unspecified atom stereocenters. The van der Waals surface area contributed by atoms with Gasteiger partial charge in [-0.3, -0.25) is 4.79 Å². The Morgan fingerprint density at radius 2 is 2.00 bits per heavy atom. The molecule has 0 bridgehead atoms. The van der Waals surface area contributed by atoms with Crippen LogP contribution in [0, 0.1) is 0 Å². The van der Waals surface area contributed by atoms with Gasteiger partial charge in [-0.1, -0.05) is 6.07 Å². The number of carbonyl (C=O) groups is 1. The molecule has 1 aromatic carbocycles. The number of aromatic nitrogens is 2. The van der Waals surface area contributed by atoms with Gasteiger partial charge in [-0.05, 0) is 29.8 Å². The van der Waals surface area contributed by atoms with Crippen molar-refractivity contribution in [2.24, 2.45) is 0 Å². The van der Waals surface area contributed by atoms with Crippen molar-refractivity contribution in [3.63, 3.8) is 0 Å². The number of rotatable bonds is 5. The lowest BCUT2D eigenvalue weighted by atomic mass is 10.2. The lowest BCUT2D eigenvalue weighted by molar-refractivity contribution is 0.0946. The highest BCUT2D eigenvalue weighted by atomic mass is 32.2. The second-order valence-corrected chi connectivity index (χ2v) is 9.00. The summed E-state index contributed by atoms with van der Waals surface area (Å²) >= 11 is 3.42. The van der Waals surface area contributed by atoms with E-state index < -0.39 is 0 Å². The van der Waals surface area contributed by atoms with Crippen molar-refractivity contribution in [3.05, 3.63) is 53.2 Å². The molecule has 3 aromatic rings. The van der Waals surface area contributed by atoms with E-state index in [0.717, 1.165) is 52.3 Å². The number of ether oxygens (including phenoxy) is 2. The zero-order chi connectivity index (χ0) is 20.3. The van der Waals surface area contributed by atoms with Crippen molar-refractivity contribution in [2.75, 3.05) is 36.3 Å². The maximum Gasteiger partial charge on any atom is 0.271 e. The maximum absolute atomic E-state index is 12.5. The first-order valence-electron chi connectivity index (χ1n) is 9.68. The second kappa shape index (κ2) is 8.53. The molecule has 0 aliphatic carbocycles. The molecule has 7 nitrogen and oxygen atoms in total. The number of thioether (sulfide) groups is 1. The van der Waals surface area contributed by atoms with Crippen LogP contribution in [0.1, 0.15) is 16.1 Å². The van der Waals surface area contributed by atoms with Crippen LogP contribution < -0.4 is 19.7 Å². The molecule has 0 saturated carbocycles. The Labute approximate surface area is 182 Å². The fraction of sp³-hybridized carbons (Fsp3) is 0.286. The quantitative estimate of drug-likeness (QED) is 0.651. The summed E-state index contributed by atoms with van der Waals surface area (Å²) in [6.45, 7) is 2.69. The molecule has 30 heavy (non-hydrogen) atoms. The number of amides is 1. The Hall–Kier alpha value is -2.78. The smallest absolute Gasteiger partial charge is 0.271 e. The normalized spacial score (nSPS) is 15.3. The van der Waals surface area contributed by atoms with Gasteiger partial charge in [0.15, 0.2) is 11.5 Å². The third kappa shape index (κ3) is 4.08. The lowest BCUT2D eigenvalue weighted by Crippen LogP contribution is -2.32. The van der Waals surface area contributed by atoms with E-state index in [1.807, 2.05) is 48.3 Å². The Morgan fingerprint density at radius 3 is 2.83 bits per heavy atom. The molecule has 1 saturated heterocycles. The summed E-state index contributed by atoms with van der Waals surface area (Å²) in [7, 11) is 0. The van der Waals surface area contributed by atoms with Gasteiger partial charge in [-0.15, -0.1) is 11.3 Å². The van der Waals surface area contributed by atoms with Gasteiger partial charge in [0.2, 0.25) is 6.79 Å². The largest absolute Gasteiger partial charge is 0.454 e. The Morgan fingerprint density at radius 1 is 1.13 bits per heavy atom. The topological polar surface area (TPSA) is 76.6 Å². The van der Waals surface area contributed by atoms with Gasteiger partial charge in [0.25, 0.3) is 5.91 Å². The fourth-order valence-electron chi connectivity index (χ4n) is 3.33. The van der Waals surface area contributed by atoms with Gasteiger partial charge < -0.3 is 19.7 Å². The Balaban J connectivity index is 1.22. The molecule has 9 heteroatoms. The molecule has 154 valence electrons. The van der Waals surface area contributed by atoms with E-state index in [0.29, 0.717) is 18.0 Å². The number of pyridine rings is 1. The number of nitrogens with one attached hydrogen (secondary N) is 1. The molecule has 1 amide bonds. The first-order chi connectivity index (χ1) is 14.8. The van der Waals surface area contributed by atoms with Crippen LogP contribution in [0.25, 0.3) is 10.6 Å². The van der Waals surface area contributed by atoms with E-state index in [9.17, 15) is 4.79 Å². The summed E-state index contributed by atoms with van der Waals surface area (Å²) in [5.41, 5.74) is 2.27. The van der Waals surface area contributed by atoms with Crippen molar-refractivity contribution in [1.29, 1.82) is 0 Å². The van der Waals surface area contributed by atoms with E-state index in [1.54, 1.807) is 5.38 Å². The van der Waals surface area contributed by atoms with Crippen molar-refractivity contribution in [3.8, 4) is 22.1 Å². The number of anilines is 1. The number of nitrogens with zero attached hydrogens (tertiary/aromatic N) is 3.